The number of aryl methyl sites for hydroxylation is 2. The van der Waals surface area contributed by atoms with Crippen LogP contribution in [0.4, 0.5) is 0 Å². The van der Waals surface area contributed by atoms with E-state index in [0.29, 0.717) is 12.5 Å². The Balaban J connectivity index is 1.24. The highest BCUT2D eigenvalue weighted by atomic mass is 16.5. The maximum Gasteiger partial charge on any atom is 0.248 e. The molecule has 0 aliphatic carbocycles. The topological polar surface area (TPSA) is 45.3 Å². The molecule has 0 radical (unpaired) electrons. The molecular formula is C25H30N2O2. The van der Waals surface area contributed by atoms with E-state index in [2.05, 4.69) is 41.1 Å². The fourth-order valence-corrected chi connectivity index (χ4v) is 4.48. The first kappa shape index (κ1) is 19.7. The van der Waals surface area contributed by atoms with Crippen molar-refractivity contribution in [1.82, 2.24) is 9.88 Å². The molecule has 1 N–H and O–H groups in total. The van der Waals surface area contributed by atoms with Crippen molar-refractivity contribution in [2.24, 2.45) is 0 Å². The lowest BCUT2D eigenvalue weighted by atomic mass is 9.87. The van der Waals surface area contributed by atoms with Crippen LogP contribution in [0.2, 0.25) is 0 Å². The van der Waals surface area contributed by atoms with Gasteiger partial charge in [0.1, 0.15) is 5.75 Å². The Labute approximate surface area is 172 Å². The number of rotatable bonds is 6. The van der Waals surface area contributed by atoms with Gasteiger partial charge in [-0.25, -0.2) is 0 Å². The van der Waals surface area contributed by atoms with Crippen molar-refractivity contribution in [3.8, 4) is 5.75 Å². The SMILES string of the molecule is Cc1ccccc1C1CCN(CCCOc2ccc3[nH]c(=O)cc(C)c3c2)CC1. The molecule has 4 rings (SSSR count). The fourth-order valence-electron chi connectivity index (χ4n) is 4.48. The van der Waals surface area contributed by atoms with Crippen molar-refractivity contribution in [2.45, 2.75) is 39.0 Å². The molecule has 3 aromatic rings. The van der Waals surface area contributed by atoms with Gasteiger partial charge >= 0.3 is 0 Å². The van der Waals surface area contributed by atoms with Crippen LogP contribution in [-0.2, 0) is 0 Å². The minimum absolute atomic E-state index is 0.0603. The smallest absolute Gasteiger partial charge is 0.248 e. The van der Waals surface area contributed by atoms with E-state index in [1.165, 1.54) is 37.1 Å². The molecule has 152 valence electrons. The van der Waals surface area contributed by atoms with Gasteiger partial charge in [0, 0.05) is 23.5 Å². The zero-order chi connectivity index (χ0) is 20.2. The average Bonchev–Trinajstić information content (AvgIpc) is 2.72. The lowest BCUT2D eigenvalue weighted by Crippen LogP contribution is -2.34. The zero-order valence-corrected chi connectivity index (χ0v) is 17.4. The van der Waals surface area contributed by atoms with Gasteiger partial charge in [-0.1, -0.05) is 24.3 Å². The summed E-state index contributed by atoms with van der Waals surface area (Å²) in [4.78, 5) is 17.0. The second-order valence-corrected chi connectivity index (χ2v) is 8.20. The molecule has 29 heavy (non-hydrogen) atoms. The summed E-state index contributed by atoms with van der Waals surface area (Å²) in [6, 6.07) is 16.3. The maximum atomic E-state index is 11.6. The number of piperidine rings is 1. The number of hydrogen-bond acceptors (Lipinski definition) is 3. The van der Waals surface area contributed by atoms with Gasteiger partial charge in [-0.3, -0.25) is 4.79 Å². The molecule has 0 atom stereocenters. The molecule has 1 aromatic heterocycles. The van der Waals surface area contributed by atoms with Crippen LogP contribution in [0, 0.1) is 13.8 Å². The lowest BCUT2D eigenvalue weighted by molar-refractivity contribution is 0.193. The van der Waals surface area contributed by atoms with E-state index in [-0.39, 0.29) is 5.56 Å². The highest BCUT2D eigenvalue weighted by molar-refractivity contribution is 5.83. The number of likely N-dealkylation sites (tertiary alicyclic amines) is 1. The Morgan fingerprint density at radius 1 is 1.03 bits per heavy atom. The molecule has 2 aromatic carbocycles. The van der Waals surface area contributed by atoms with Crippen LogP contribution < -0.4 is 10.3 Å². The molecule has 1 saturated heterocycles. The monoisotopic (exact) mass is 390 g/mol. The summed E-state index contributed by atoms with van der Waals surface area (Å²) in [5, 5.41) is 1.04. The summed E-state index contributed by atoms with van der Waals surface area (Å²) in [7, 11) is 0. The number of pyridine rings is 1. The van der Waals surface area contributed by atoms with Crippen LogP contribution >= 0.6 is 0 Å². The number of hydrogen-bond donors (Lipinski definition) is 1. The molecular weight excluding hydrogens is 360 g/mol. The van der Waals surface area contributed by atoms with Gasteiger partial charge in [-0.05, 0) is 87.0 Å². The van der Waals surface area contributed by atoms with E-state index in [4.69, 9.17) is 4.74 Å². The summed E-state index contributed by atoms with van der Waals surface area (Å²) in [6.45, 7) is 8.32. The van der Waals surface area contributed by atoms with Crippen molar-refractivity contribution < 1.29 is 4.74 Å². The van der Waals surface area contributed by atoms with E-state index in [1.807, 2.05) is 25.1 Å². The largest absolute Gasteiger partial charge is 0.494 e. The first-order chi connectivity index (χ1) is 14.1. The van der Waals surface area contributed by atoms with Crippen molar-refractivity contribution in [1.29, 1.82) is 0 Å². The molecule has 1 aliphatic heterocycles. The van der Waals surface area contributed by atoms with Crippen LogP contribution in [0.25, 0.3) is 10.9 Å². The number of aromatic amines is 1. The molecule has 0 amide bonds. The molecule has 0 saturated carbocycles. The van der Waals surface area contributed by atoms with Gasteiger partial charge in [0.15, 0.2) is 0 Å². The van der Waals surface area contributed by atoms with Crippen molar-refractivity contribution in [2.75, 3.05) is 26.2 Å². The highest BCUT2D eigenvalue weighted by Gasteiger charge is 2.21. The Bertz CT molecular complexity index is 1030. The summed E-state index contributed by atoms with van der Waals surface area (Å²) in [5.41, 5.74) is 4.73. The third-order valence-corrected chi connectivity index (χ3v) is 6.12. The van der Waals surface area contributed by atoms with Crippen LogP contribution in [-0.4, -0.2) is 36.1 Å². The third kappa shape index (κ3) is 4.70. The molecule has 4 nitrogen and oxygen atoms in total. The maximum absolute atomic E-state index is 11.6. The highest BCUT2D eigenvalue weighted by Crippen LogP contribution is 2.30. The van der Waals surface area contributed by atoms with Crippen LogP contribution in [0.15, 0.2) is 53.3 Å². The van der Waals surface area contributed by atoms with Gasteiger partial charge in [0.05, 0.1) is 6.61 Å². The molecule has 0 spiro atoms. The van der Waals surface area contributed by atoms with Crippen LogP contribution in [0.3, 0.4) is 0 Å². The number of nitrogens with one attached hydrogen (secondary N) is 1. The van der Waals surface area contributed by atoms with E-state index in [0.717, 1.165) is 35.2 Å². The van der Waals surface area contributed by atoms with Crippen molar-refractivity contribution in [3.63, 3.8) is 0 Å². The van der Waals surface area contributed by atoms with Gasteiger partial charge in [-0.2, -0.15) is 0 Å². The number of fused-ring (bicyclic) bond motifs is 1. The standard InChI is InChI=1S/C25H30N2O2/c1-18-6-3-4-7-22(18)20-10-13-27(14-11-20)12-5-15-29-21-8-9-24-23(17-21)19(2)16-25(28)26-24/h3-4,6-9,16-17,20H,5,10-15H2,1-2H3,(H,26,28). The van der Waals surface area contributed by atoms with Crippen molar-refractivity contribution in [3.05, 3.63) is 75.6 Å². The van der Waals surface area contributed by atoms with E-state index < -0.39 is 0 Å². The quantitative estimate of drug-likeness (QED) is 0.615. The van der Waals surface area contributed by atoms with Gasteiger partial charge < -0.3 is 14.6 Å². The normalized spacial score (nSPS) is 15.7. The van der Waals surface area contributed by atoms with Gasteiger partial charge in [0.25, 0.3) is 0 Å². The van der Waals surface area contributed by atoms with E-state index in [1.54, 1.807) is 6.07 Å². The van der Waals surface area contributed by atoms with Crippen LogP contribution in [0.1, 0.15) is 41.9 Å². The molecule has 0 unspecified atom stereocenters. The summed E-state index contributed by atoms with van der Waals surface area (Å²) >= 11 is 0. The second kappa shape index (κ2) is 8.83. The molecule has 1 aliphatic rings. The number of aromatic nitrogens is 1. The second-order valence-electron chi connectivity index (χ2n) is 8.20. The molecule has 4 heteroatoms. The average molecular weight is 391 g/mol. The Kier molecular flexibility index (Phi) is 6.00. The summed E-state index contributed by atoms with van der Waals surface area (Å²) in [6.07, 6.45) is 3.51. The fraction of sp³-hybridized carbons (Fsp3) is 0.400. The lowest BCUT2D eigenvalue weighted by Gasteiger charge is -2.32. The minimum Gasteiger partial charge on any atom is -0.494 e. The van der Waals surface area contributed by atoms with Gasteiger partial charge in [0.2, 0.25) is 5.56 Å². The molecule has 0 bridgehead atoms. The molecule has 2 heterocycles. The number of H-pyrrole nitrogens is 1. The van der Waals surface area contributed by atoms with E-state index in [9.17, 15) is 4.79 Å². The number of benzene rings is 2. The number of ether oxygens (including phenoxy) is 1. The van der Waals surface area contributed by atoms with Gasteiger partial charge in [-0.15, -0.1) is 0 Å². The predicted molar refractivity (Wildman–Crippen MR) is 119 cm³/mol. The first-order valence-electron chi connectivity index (χ1n) is 10.6. The Morgan fingerprint density at radius 3 is 2.62 bits per heavy atom. The Hall–Kier alpha value is -2.59. The zero-order valence-electron chi connectivity index (χ0n) is 17.4. The minimum atomic E-state index is -0.0603. The number of nitrogens with zero attached hydrogens (tertiary/aromatic N) is 1. The third-order valence-electron chi connectivity index (χ3n) is 6.12. The summed E-state index contributed by atoms with van der Waals surface area (Å²) in [5.74, 6) is 1.57. The Morgan fingerprint density at radius 2 is 1.83 bits per heavy atom. The van der Waals surface area contributed by atoms with Crippen molar-refractivity contribution >= 4 is 10.9 Å². The predicted octanol–water partition coefficient (Wildman–Crippen LogP) is 4.79. The summed E-state index contributed by atoms with van der Waals surface area (Å²) < 4.78 is 5.98. The molecule has 1 fully saturated rings. The van der Waals surface area contributed by atoms with E-state index >= 15 is 0 Å². The first-order valence-corrected chi connectivity index (χ1v) is 10.6. The van der Waals surface area contributed by atoms with Crippen LogP contribution in [0.5, 0.6) is 5.75 Å².